The minimum absolute atomic E-state index is 2.40. The minimum Gasteiger partial charge on any atom is -0.250 e. The lowest BCUT2D eigenvalue weighted by molar-refractivity contribution is -0.378. The Morgan fingerprint density at radius 3 is 0.300 bits per heavy atom. The van der Waals surface area contributed by atoms with Crippen LogP contribution in [0.1, 0.15) is 0 Å². The van der Waals surface area contributed by atoms with Gasteiger partial charge in [0.2, 0.25) is 0 Å². The summed E-state index contributed by atoms with van der Waals surface area (Å²) < 4.78 is 173. The summed E-state index contributed by atoms with van der Waals surface area (Å²) in [6, 6.07) is 0. The summed E-state index contributed by atoms with van der Waals surface area (Å²) >= 11 is 0. The molecule has 1 saturated carbocycles. The molecule has 0 saturated heterocycles. The van der Waals surface area contributed by atoms with Gasteiger partial charge in [-0.05, 0) is 0 Å². The van der Waals surface area contributed by atoms with Gasteiger partial charge >= 0.3 is 0 Å². The maximum absolute atomic E-state index is 14.4. The van der Waals surface area contributed by atoms with Crippen LogP contribution in [-0.2, 0) is 0 Å². The molecule has 0 aromatic carbocycles. The number of alkyl halides is 12. The molecule has 180 valence electrons. The quantitative estimate of drug-likeness (QED) is 0.330. The molecule has 0 bridgehead atoms. The molecular formula is C18H24F12. The smallest absolute Gasteiger partial charge is 0.0990 e. The lowest BCUT2D eigenvalue weighted by atomic mass is 9.26. The van der Waals surface area contributed by atoms with Crippen molar-refractivity contribution in [3.05, 3.63) is 0 Å². The molecule has 30 heavy (non-hydrogen) atoms. The average molecular weight is 468 g/mol. The summed E-state index contributed by atoms with van der Waals surface area (Å²) in [6.45, 7) is -28.8. The van der Waals surface area contributed by atoms with E-state index in [0.717, 1.165) is 0 Å². The Labute approximate surface area is 166 Å². The summed E-state index contributed by atoms with van der Waals surface area (Å²) in [5.41, 5.74) is -22.3. The van der Waals surface area contributed by atoms with E-state index in [1.807, 2.05) is 0 Å². The zero-order valence-corrected chi connectivity index (χ0v) is 16.0. The Balaban J connectivity index is 4.54. The van der Waals surface area contributed by atoms with E-state index < -0.39 is 113 Å². The highest BCUT2D eigenvalue weighted by Crippen LogP contribution is 2.80. The van der Waals surface area contributed by atoms with Crippen molar-refractivity contribution in [2.45, 2.75) is 0 Å². The second kappa shape index (κ2) is 9.34. The lowest BCUT2D eigenvalue weighted by Crippen LogP contribution is -2.85. The van der Waals surface area contributed by atoms with Crippen LogP contribution in [0.5, 0.6) is 0 Å². The van der Waals surface area contributed by atoms with Crippen molar-refractivity contribution < 1.29 is 52.7 Å². The maximum atomic E-state index is 14.4. The zero-order valence-electron chi connectivity index (χ0n) is 16.0. The molecule has 1 aliphatic rings. The van der Waals surface area contributed by atoms with Gasteiger partial charge in [-0.2, -0.15) is 0 Å². The van der Waals surface area contributed by atoms with Crippen LogP contribution in [0.25, 0.3) is 0 Å². The molecular weight excluding hydrogens is 444 g/mol. The van der Waals surface area contributed by atoms with E-state index in [1.54, 1.807) is 0 Å². The molecule has 0 heterocycles. The van der Waals surface area contributed by atoms with Crippen LogP contribution in [0.15, 0.2) is 0 Å². The number of hydrogen-bond acceptors (Lipinski definition) is 0. The molecule has 0 spiro atoms. The summed E-state index contributed by atoms with van der Waals surface area (Å²) in [5, 5.41) is 0. The lowest BCUT2D eigenvalue weighted by Gasteiger charge is -2.76. The first kappa shape index (κ1) is 27.2. The molecule has 1 fully saturated rings. The van der Waals surface area contributed by atoms with Gasteiger partial charge in [0.15, 0.2) is 0 Å². The zero-order chi connectivity index (χ0) is 23.5. The number of hydrogen-bond donors (Lipinski definition) is 0. The monoisotopic (exact) mass is 468 g/mol. The molecule has 0 aromatic heterocycles. The van der Waals surface area contributed by atoms with Crippen molar-refractivity contribution in [3.8, 4) is 0 Å². The standard InChI is InChI=1S/C18H24F12/c19-1-13(2-20)14(3-21,4-22)16(7-25,8-26)18(11-29,12-30)17(9-27,10-28)15(13,5-23)6-24/h1-12H2. The normalized spacial score (nSPS) is 25.2. The second-order valence-electron chi connectivity index (χ2n) is 8.10. The third-order valence-corrected chi connectivity index (χ3v) is 8.23. The average Bonchev–Trinajstić information content (AvgIpc) is 2.81. The molecule has 1 aliphatic carbocycles. The topological polar surface area (TPSA) is 0 Å². The molecule has 0 amide bonds. The van der Waals surface area contributed by atoms with Crippen molar-refractivity contribution in [1.29, 1.82) is 0 Å². The molecule has 0 atom stereocenters. The van der Waals surface area contributed by atoms with Crippen molar-refractivity contribution in [2.24, 2.45) is 32.5 Å². The van der Waals surface area contributed by atoms with Gasteiger partial charge in [0, 0.05) is 32.5 Å². The molecule has 0 unspecified atom stereocenters. The van der Waals surface area contributed by atoms with Crippen LogP contribution in [0, 0.1) is 32.5 Å². The van der Waals surface area contributed by atoms with Crippen LogP contribution in [0.4, 0.5) is 52.7 Å². The third kappa shape index (κ3) is 2.34. The van der Waals surface area contributed by atoms with Gasteiger partial charge in [0.25, 0.3) is 0 Å². The van der Waals surface area contributed by atoms with Gasteiger partial charge in [-0.15, -0.1) is 0 Å². The molecule has 0 aliphatic heterocycles. The fraction of sp³-hybridized carbons (Fsp3) is 1.00. The Morgan fingerprint density at radius 2 is 0.267 bits per heavy atom. The first-order valence-corrected chi connectivity index (χ1v) is 8.95. The van der Waals surface area contributed by atoms with Crippen LogP contribution < -0.4 is 0 Å². The molecule has 1 rings (SSSR count). The first-order valence-electron chi connectivity index (χ1n) is 8.95. The van der Waals surface area contributed by atoms with E-state index >= 15 is 0 Å². The molecule has 12 heteroatoms. The Kier molecular flexibility index (Phi) is 8.47. The molecule has 0 aromatic rings. The largest absolute Gasteiger partial charge is 0.250 e. The van der Waals surface area contributed by atoms with E-state index in [0.29, 0.717) is 0 Å². The summed E-state index contributed by atoms with van der Waals surface area (Å²) in [4.78, 5) is 0. The van der Waals surface area contributed by atoms with Crippen LogP contribution >= 0.6 is 0 Å². The van der Waals surface area contributed by atoms with Crippen molar-refractivity contribution >= 4 is 0 Å². The van der Waals surface area contributed by atoms with E-state index in [9.17, 15) is 52.7 Å². The van der Waals surface area contributed by atoms with E-state index in [2.05, 4.69) is 0 Å². The predicted octanol–water partition coefficient (Wildman–Crippen LogP) is 5.55. The first-order chi connectivity index (χ1) is 14.2. The predicted molar refractivity (Wildman–Crippen MR) is 86.3 cm³/mol. The molecule has 0 radical (unpaired) electrons. The van der Waals surface area contributed by atoms with E-state index in [4.69, 9.17) is 0 Å². The highest BCUT2D eigenvalue weighted by Gasteiger charge is 2.88. The Hall–Kier alpha value is -0.840. The minimum atomic E-state index is -3.71. The SMILES string of the molecule is FCC1(CF)C(CF)(CF)C(CF)(CF)C(CF)(CF)C(CF)(CF)C1(CF)CF. The van der Waals surface area contributed by atoms with Crippen molar-refractivity contribution in [1.82, 2.24) is 0 Å². The fourth-order valence-electron chi connectivity index (χ4n) is 6.03. The van der Waals surface area contributed by atoms with E-state index in [-0.39, 0.29) is 0 Å². The number of rotatable bonds is 12. The third-order valence-electron chi connectivity index (χ3n) is 8.23. The fourth-order valence-corrected chi connectivity index (χ4v) is 6.03. The Morgan fingerprint density at radius 1 is 0.200 bits per heavy atom. The van der Waals surface area contributed by atoms with Gasteiger partial charge in [0.05, 0.1) is 80.1 Å². The highest BCUT2D eigenvalue weighted by atomic mass is 19.2. The molecule has 0 nitrogen and oxygen atoms in total. The maximum Gasteiger partial charge on any atom is 0.0990 e. The van der Waals surface area contributed by atoms with Gasteiger partial charge in [-0.1, -0.05) is 0 Å². The Bertz CT molecular complexity index is 381. The van der Waals surface area contributed by atoms with Gasteiger partial charge in [0.1, 0.15) is 0 Å². The summed E-state index contributed by atoms with van der Waals surface area (Å²) in [6.07, 6.45) is 0. The summed E-state index contributed by atoms with van der Waals surface area (Å²) in [7, 11) is 0. The second-order valence-corrected chi connectivity index (χ2v) is 8.10. The van der Waals surface area contributed by atoms with Gasteiger partial charge in [-0.3, -0.25) is 52.7 Å². The van der Waals surface area contributed by atoms with E-state index in [1.165, 1.54) is 0 Å². The van der Waals surface area contributed by atoms with Crippen molar-refractivity contribution in [3.63, 3.8) is 0 Å². The highest BCUT2D eigenvalue weighted by molar-refractivity contribution is 5.31. The van der Waals surface area contributed by atoms with Crippen LogP contribution in [0.2, 0.25) is 0 Å². The summed E-state index contributed by atoms with van der Waals surface area (Å²) in [5.74, 6) is 0. The van der Waals surface area contributed by atoms with Crippen LogP contribution in [-0.4, -0.2) is 80.1 Å². The van der Waals surface area contributed by atoms with Gasteiger partial charge in [-0.25, -0.2) is 0 Å². The number of halogens is 12. The van der Waals surface area contributed by atoms with Crippen molar-refractivity contribution in [2.75, 3.05) is 80.1 Å². The molecule has 0 N–H and O–H groups in total. The van der Waals surface area contributed by atoms with Gasteiger partial charge < -0.3 is 0 Å². The van der Waals surface area contributed by atoms with Crippen LogP contribution in [0.3, 0.4) is 0 Å².